The fourth-order valence-corrected chi connectivity index (χ4v) is 1.81. The van der Waals surface area contributed by atoms with Gasteiger partial charge in [0.05, 0.1) is 11.7 Å². The van der Waals surface area contributed by atoms with Gasteiger partial charge in [-0.05, 0) is 48.9 Å². The molecule has 0 atom stereocenters. The Labute approximate surface area is 139 Å². The lowest BCUT2D eigenvalue weighted by atomic mass is 10.1. The average Bonchev–Trinajstić information content (AvgIpc) is 2.59. The Hall–Kier alpha value is -3.35. The molecule has 0 radical (unpaired) electrons. The highest BCUT2D eigenvalue weighted by Crippen LogP contribution is 2.12. The first-order valence-electron chi connectivity index (χ1n) is 7.14. The summed E-state index contributed by atoms with van der Waals surface area (Å²) < 4.78 is 4.99. The van der Waals surface area contributed by atoms with Gasteiger partial charge in [0.1, 0.15) is 12.4 Å². The van der Waals surface area contributed by atoms with Gasteiger partial charge in [-0.1, -0.05) is 18.2 Å². The zero-order valence-electron chi connectivity index (χ0n) is 13.0. The number of carboxylic acid groups (broad SMARTS) is 1. The van der Waals surface area contributed by atoms with Crippen LogP contribution in [0.2, 0.25) is 0 Å². The Balaban J connectivity index is 1.90. The summed E-state index contributed by atoms with van der Waals surface area (Å²) in [4.78, 5) is 22.1. The van der Waals surface area contributed by atoms with E-state index in [9.17, 15) is 14.7 Å². The summed E-state index contributed by atoms with van der Waals surface area (Å²) in [5, 5.41) is 17.0. The first-order valence-corrected chi connectivity index (χ1v) is 7.14. The molecule has 0 aliphatic rings. The van der Waals surface area contributed by atoms with E-state index in [4.69, 9.17) is 4.74 Å². The lowest BCUT2D eigenvalue weighted by Crippen LogP contribution is -2.28. The number of hydrazone groups is 1. The summed E-state index contributed by atoms with van der Waals surface area (Å²) in [5.74, 6) is -0.879. The number of amides is 2. The Morgan fingerprint density at radius 1 is 1.08 bits per heavy atom. The van der Waals surface area contributed by atoms with Crippen molar-refractivity contribution < 1.29 is 19.4 Å². The van der Waals surface area contributed by atoms with Crippen molar-refractivity contribution in [3.05, 3.63) is 60.2 Å². The van der Waals surface area contributed by atoms with E-state index < -0.39 is 18.6 Å². The summed E-state index contributed by atoms with van der Waals surface area (Å²) in [6.07, 6.45) is 0. The fourth-order valence-electron chi connectivity index (χ4n) is 1.81. The molecule has 2 N–H and O–H groups in total. The number of hydrogen-bond donors (Lipinski definition) is 2. The Kier molecular flexibility index (Phi) is 5.90. The lowest BCUT2D eigenvalue weighted by molar-refractivity contribution is -0.307. The first kappa shape index (κ1) is 17.0. The molecular formula is C17H16N3O4-. The SMILES string of the molecule is C/C(=N/NC(=O)Nc1ccccc1)c1ccc(OCC(=O)[O-])cc1. The van der Waals surface area contributed by atoms with Crippen LogP contribution in [0.15, 0.2) is 59.7 Å². The van der Waals surface area contributed by atoms with Crippen LogP contribution in [0.25, 0.3) is 0 Å². The number of nitrogens with zero attached hydrogens (tertiary/aromatic N) is 1. The van der Waals surface area contributed by atoms with Crippen LogP contribution in [0.4, 0.5) is 10.5 Å². The second-order valence-electron chi connectivity index (χ2n) is 4.81. The van der Waals surface area contributed by atoms with Crippen LogP contribution in [-0.4, -0.2) is 24.3 Å². The van der Waals surface area contributed by atoms with Crippen molar-refractivity contribution in [2.45, 2.75) is 6.92 Å². The van der Waals surface area contributed by atoms with E-state index >= 15 is 0 Å². The number of rotatable bonds is 6. The minimum absolute atomic E-state index is 0.408. The summed E-state index contributed by atoms with van der Waals surface area (Å²) >= 11 is 0. The van der Waals surface area contributed by atoms with Crippen LogP contribution in [0.3, 0.4) is 0 Å². The number of carboxylic acids is 1. The molecule has 0 saturated heterocycles. The van der Waals surface area contributed by atoms with Gasteiger partial charge in [-0.3, -0.25) is 0 Å². The molecule has 2 rings (SSSR count). The predicted molar refractivity (Wildman–Crippen MR) is 87.8 cm³/mol. The van der Waals surface area contributed by atoms with Gasteiger partial charge in [-0.2, -0.15) is 5.10 Å². The van der Waals surface area contributed by atoms with Crippen molar-refractivity contribution in [1.82, 2.24) is 5.43 Å². The van der Waals surface area contributed by atoms with E-state index in [2.05, 4.69) is 15.8 Å². The van der Waals surface area contributed by atoms with Gasteiger partial charge in [-0.15, -0.1) is 0 Å². The molecule has 0 bridgehead atoms. The smallest absolute Gasteiger partial charge is 0.339 e. The number of benzene rings is 2. The van der Waals surface area contributed by atoms with Crippen molar-refractivity contribution in [2.24, 2.45) is 5.10 Å². The maximum atomic E-state index is 11.7. The van der Waals surface area contributed by atoms with Gasteiger partial charge in [0, 0.05) is 5.69 Å². The molecule has 24 heavy (non-hydrogen) atoms. The third kappa shape index (κ3) is 5.45. The number of para-hydroxylation sites is 1. The van der Waals surface area contributed by atoms with Crippen LogP contribution >= 0.6 is 0 Å². The number of urea groups is 1. The van der Waals surface area contributed by atoms with Gasteiger partial charge in [0.25, 0.3) is 0 Å². The third-order valence-corrected chi connectivity index (χ3v) is 2.99. The Bertz CT molecular complexity index is 727. The van der Waals surface area contributed by atoms with Gasteiger partial charge in [0.15, 0.2) is 0 Å². The molecule has 0 saturated carbocycles. The summed E-state index contributed by atoms with van der Waals surface area (Å²) in [6.45, 7) is 1.23. The van der Waals surface area contributed by atoms with Crippen LogP contribution < -0.4 is 20.6 Å². The number of anilines is 1. The quantitative estimate of drug-likeness (QED) is 0.618. The zero-order chi connectivity index (χ0) is 17.4. The molecule has 124 valence electrons. The van der Waals surface area contributed by atoms with Gasteiger partial charge < -0.3 is 20.0 Å². The molecular weight excluding hydrogens is 310 g/mol. The molecule has 0 heterocycles. The lowest BCUT2D eigenvalue weighted by Gasteiger charge is -2.08. The highest BCUT2D eigenvalue weighted by Gasteiger charge is 2.02. The minimum Gasteiger partial charge on any atom is -0.546 e. The largest absolute Gasteiger partial charge is 0.546 e. The second kappa shape index (κ2) is 8.33. The van der Waals surface area contributed by atoms with Crippen LogP contribution in [0.1, 0.15) is 12.5 Å². The van der Waals surface area contributed by atoms with Crippen molar-refractivity contribution in [1.29, 1.82) is 0 Å². The molecule has 0 aliphatic heterocycles. The van der Waals surface area contributed by atoms with Crippen molar-refractivity contribution >= 4 is 23.4 Å². The normalized spacial score (nSPS) is 10.8. The highest BCUT2D eigenvalue weighted by atomic mass is 16.5. The molecule has 0 aliphatic carbocycles. The second-order valence-corrected chi connectivity index (χ2v) is 4.81. The van der Waals surface area contributed by atoms with Crippen molar-refractivity contribution in [3.8, 4) is 5.75 Å². The summed E-state index contributed by atoms with van der Waals surface area (Å²) in [5.41, 5.74) is 4.42. The third-order valence-electron chi connectivity index (χ3n) is 2.99. The van der Waals surface area contributed by atoms with Crippen LogP contribution in [-0.2, 0) is 4.79 Å². The average molecular weight is 326 g/mol. The molecule has 7 nitrogen and oxygen atoms in total. The van der Waals surface area contributed by atoms with Crippen LogP contribution in [0.5, 0.6) is 5.75 Å². The molecule has 0 aromatic heterocycles. The Morgan fingerprint density at radius 3 is 2.38 bits per heavy atom. The van der Waals surface area contributed by atoms with Crippen LogP contribution in [0, 0.1) is 0 Å². The molecule has 0 fully saturated rings. The number of carbonyl (C=O) groups is 2. The number of ether oxygens (including phenoxy) is 1. The van der Waals surface area contributed by atoms with Gasteiger partial charge in [0.2, 0.25) is 0 Å². The van der Waals surface area contributed by atoms with E-state index in [1.807, 2.05) is 18.2 Å². The summed E-state index contributed by atoms with van der Waals surface area (Å²) in [7, 11) is 0. The van der Waals surface area contributed by atoms with Gasteiger partial charge >= 0.3 is 6.03 Å². The highest BCUT2D eigenvalue weighted by molar-refractivity contribution is 6.00. The molecule has 2 aromatic carbocycles. The Morgan fingerprint density at radius 2 is 1.75 bits per heavy atom. The van der Waals surface area contributed by atoms with E-state index in [0.29, 0.717) is 17.1 Å². The maximum Gasteiger partial charge on any atom is 0.339 e. The zero-order valence-corrected chi connectivity index (χ0v) is 13.0. The van der Waals surface area contributed by atoms with E-state index in [1.54, 1.807) is 43.3 Å². The summed E-state index contributed by atoms with van der Waals surface area (Å²) in [6, 6.07) is 15.2. The monoisotopic (exact) mass is 326 g/mol. The van der Waals surface area contributed by atoms with E-state index in [1.165, 1.54) is 0 Å². The molecule has 2 amide bonds. The predicted octanol–water partition coefficient (Wildman–Crippen LogP) is 1.36. The number of nitrogens with one attached hydrogen (secondary N) is 2. The fraction of sp³-hybridized carbons (Fsp3) is 0.118. The molecule has 0 unspecified atom stereocenters. The molecule has 0 spiro atoms. The number of carbonyl (C=O) groups excluding carboxylic acids is 2. The number of aliphatic carboxylic acids is 1. The standard InChI is InChI=1S/C17H17N3O4/c1-12(13-7-9-15(10-8-13)24-11-16(21)22)19-20-17(23)18-14-5-3-2-4-6-14/h2-10H,11H2,1H3,(H,21,22)(H2,18,20,23)/p-1/b19-12-. The first-order chi connectivity index (χ1) is 11.5. The van der Waals surface area contributed by atoms with E-state index in [-0.39, 0.29) is 0 Å². The number of hydrogen-bond acceptors (Lipinski definition) is 5. The van der Waals surface area contributed by atoms with Gasteiger partial charge in [-0.25, -0.2) is 10.2 Å². The molecule has 7 heteroatoms. The van der Waals surface area contributed by atoms with Crippen molar-refractivity contribution in [3.63, 3.8) is 0 Å². The molecule has 2 aromatic rings. The van der Waals surface area contributed by atoms with Crippen molar-refractivity contribution in [2.75, 3.05) is 11.9 Å². The maximum absolute atomic E-state index is 11.7. The minimum atomic E-state index is -1.29. The topological polar surface area (TPSA) is 103 Å². The van der Waals surface area contributed by atoms with E-state index in [0.717, 1.165) is 5.56 Å².